The van der Waals surface area contributed by atoms with Gasteiger partial charge in [-0.05, 0) is 55.2 Å². The van der Waals surface area contributed by atoms with Crippen LogP contribution in [-0.2, 0) is 4.79 Å². The molecule has 1 saturated heterocycles. The minimum Gasteiger partial charge on any atom is -0.493 e. The number of benzene rings is 2. The van der Waals surface area contributed by atoms with E-state index in [4.69, 9.17) is 9.47 Å². The number of carboxylic acids is 1. The second kappa shape index (κ2) is 8.76. The first kappa shape index (κ1) is 19.7. The topological polar surface area (TPSA) is 59.0 Å². The lowest BCUT2D eigenvalue weighted by Crippen LogP contribution is -2.39. The number of rotatable bonds is 7. The number of carboxylic acid groups (broad SMARTS) is 1. The minimum absolute atomic E-state index is 0.160. The Labute approximate surface area is 168 Å². The molecule has 1 aliphatic heterocycles. The van der Waals surface area contributed by atoms with E-state index < -0.39 is 12.0 Å². The van der Waals surface area contributed by atoms with Crippen molar-refractivity contribution in [2.75, 3.05) is 20.3 Å². The predicted molar refractivity (Wildman–Crippen MR) is 108 cm³/mol. The fraction of sp³-hybridized carbons (Fsp3) is 0.381. The summed E-state index contributed by atoms with van der Waals surface area (Å²) in [6.45, 7) is 3.21. The normalized spacial score (nSPS) is 18.3. The summed E-state index contributed by atoms with van der Waals surface area (Å²) in [4.78, 5) is 13.9. The first-order valence-corrected chi connectivity index (χ1v) is 9.89. The fourth-order valence-corrected chi connectivity index (χ4v) is 3.98. The maximum Gasteiger partial charge on any atom is 0.320 e. The summed E-state index contributed by atoms with van der Waals surface area (Å²) in [6, 6.07) is 13.2. The van der Waals surface area contributed by atoms with Gasteiger partial charge in [-0.3, -0.25) is 9.69 Å². The summed E-state index contributed by atoms with van der Waals surface area (Å²) in [5.41, 5.74) is 2.05. The third kappa shape index (κ3) is 4.28. The molecule has 1 aliphatic rings. The molecular formula is C21H24BrNO4. The standard InChI is InChI=1S/C21H24BrNO4/c1-3-27-19-13-15(8-11-18(19)26-2)20(14-6-9-16(22)10-7-14)23-12-4-5-17(23)21(24)25/h6-11,13,17,20H,3-5,12H2,1-2H3,(H,24,25). The molecule has 2 aromatic carbocycles. The average Bonchev–Trinajstić information content (AvgIpc) is 3.14. The third-order valence-corrected chi connectivity index (χ3v) is 5.43. The van der Waals surface area contributed by atoms with E-state index in [0.717, 1.165) is 28.6 Å². The molecule has 0 bridgehead atoms. The highest BCUT2D eigenvalue weighted by Gasteiger charge is 2.37. The Morgan fingerprint density at radius 3 is 2.56 bits per heavy atom. The van der Waals surface area contributed by atoms with E-state index in [2.05, 4.69) is 20.8 Å². The van der Waals surface area contributed by atoms with Crippen LogP contribution in [0.3, 0.4) is 0 Å². The number of carbonyl (C=O) groups is 1. The van der Waals surface area contributed by atoms with E-state index in [0.29, 0.717) is 24.5 Å². The molecule has 144 valence electrons. The number of aliphatic carboxylic acids is 1. The molecule has 27 heavy (non-hydrogen) atoms. The highest BCUT2D eigenvalue weighted by atomic mass is 79.9. The Balaban J connectivity index is 2.08. The van der Waals surface area contributed by atoms with Crippen molar-refractivity contribution in [2.45, 2.75) is 31.8 Å². The van der Waals surface area contributed by atoms with Crippen LogP contribution < -0.4 is 9.47 Å². The van der Waals surface area contributed by atoms with E-state index in [-0.39, 0.29) is 6.04 Å². The number of likely N-dealkylation sites (tertiary alicyclic amines) is 1. The maximum absolute atomic E-state index is 11.8. The highest BCUT2D eigenvalue weighted by Crippen LogP contribution is 2.39. The number of halogens is 1. The van der Waals surface area contributed by atoms with Gasteiger partial charge in [-0.1, -0.05) is 34.1 Å². The molecule has 0 spiro atoms. The summed E-state index contributed by atoms with van der Waals surface area (Å²) in [6.07, 6.45) is 1.54. The lowest BCUT2D eigenvalue weighted by atomic mass is 9.96. The fourth-order valence-electron chi connectivity index (χ4n) is 3.72. The zero-order valence-corrected chi connectivity index (χ0v) is 17.1. The van der Waals surface area contributed by atoms with Crippen LogP contribution in [0.1, 0.15) is 36.9 Å². The summed E-state index contributed by atoms with van der Waals surface area (Å²) in [7, 11) is 1.62. The molecule has 2 atom stereocenters. The van der Waals surface area contributed by atoms with Crippen molar-refractivity contribution in [2.24, 2.45) is 0 Å². The van der Waals surface area contributed by atoms with Gasteiger partial charge in [0.05, 0.1) is 19.8 Å². The van der Waals surface area contributed by atoms with E-state index in [1.807, 2.05) is 49.4 Å². The molecule has 6 heteroatoms. The van der Waals surface area contributed by atoms with E-state index in [1.54, 1.807) is 7.11 Å². The predicted octanol–water partition coefficient (Wildman–Crippen LogP) is 4.49. The zero-order chi connectivity index (χ0) is 19.4. The zero-order valence-electron chi connectivity index (χ0n) is 15.5. The molecule has 0 saturated carbocycles. The molecule has 1 heterocycles. The van der Waals surface area contributed by atoms with Crippen LogP contribution in [0, 0.1) is 0 Å². The summed E-state index contributed by atoms with van der Waals surface area (Å²) < 4.78 is 12.1. The van der Waals surface area contributed by atoms with Gasteiger partial charge < -0.3 is 14.6 Å². The molecule has 1 N–H and O–H groups in total. The molecule has 0 amide bonds. The van der Waals surface area contributed by atoms with Crippen molar-refractivity contribution in [1.82, 2.24) is 4.90 Å². The molecule has 3 rings (SSSR count). The van der Waals surface area contributed by atoms with Crippen LogP contribution in [0.5, 0.6) is 11.5 Å². The van der Waals surface area contributed by atoms with E-state index in [1.165, 1.54) is 0 Å². The quantitative estimate of drug-likeness (QED) is 0.696. The third-order valence-electron chi connectivity index (χ3n) is 4.90. The van der Waals surface area contributed by atoms with Gasteiger partial charge in [0.15, 0.2) is 11.5 Å². The van der Waals surface area contributed by atoms with Crippen molar-refractivity contribution in [1.29, 1.82) is 0 Å². The first-order valence-electron chi connectivity index (χ1n) is 9.10. The monoisotopic (exact) mass is 433 g/mol. The summed E-state index contributed by atoms with van der Waals surface area (Å²) in [5.74, 6) is 0.574. The Kier molecular flexibility index (Phi) is 6.39. The van der Waals surface area contributed by atoms with Crippen molar-refractivity contribution in [3.8, 4) is 11.5 Å². The van der Waals surface area contributed by atoms with Gasteiger partial charge in [0.1, 0.15) is 6.04 Å². The van der Waals surface area contributed by atoms with Crippen LogP contribution in [0.2, 0.25) is 0 Å². The SMILES string of the molecule is CCOc1cc(C(c2ccc(Br)cc2)N2CCCC2C(=O)O)ccc1OC. The van der Waals surface area contributed by atoms with Crippen LogP contribution >= 0.6 is 15.9 Å². The van der Waals surface area contributed by atoms with Crippen molar-refractivity contribution < 1.29 is 19.4 Å². The van der Waals surface area contributed by atoms with Gasteiger partial charge in [-0.15, -0.1) is 0 Å². The maximum atomic E-state index is 11.8. The van der Waals surface area contributed by atoms with Crippen LogP contribution in [-0.4, -0.2) is 42.3 Å². The summed E-state index contributed by atoms with van der Waals surface area (Å²) in [5, 5.41) is 9.70. The van der Waals surface area contributed by atoms with Gasteiger partial charge >= 0.3 is 5.97 Å². The Morgan fingerprint density at radius 1 is 1.22 bits per heavy atom. The number of hydrogen-bond acceptors (Lipinski definition) is 4. The molecule has 2 unspecified atom stereocenters. The van der Waals surface area contributed by atoms with Crippen molar-refractivity contribution >= 4 is 21.9 Å². The van der Waals surface area contributed by atoms with Gasteiger partial charge in [0.2, 0.25) is 0 Å². The number of nitrogens with zero attached hydrogens (tertiary/aromatic N) is 1. The molecule has 5 nitrogen and oxygen atoms in total. The first-order chi connectivity index (χ1) is 13.0. The molecule has 1 fully saturated rings. The van der Waals surface area contributed by atoms with Crippen LogP contribution in [0.15, 0.2) is 46.9 Å². The van der Waals surface area contributed by atoms with Gasteiger partial charge in [0, 0.05) is 11.0 Å². The summed E-state index contributed by atoms with van der Waals surface area (Å²) >= 11 is 3.48. The van der Waals surface area contributed by atoms with Crippen molar-refractivity contribution in [3.05, 3.63) is 58.1 Å². The number of ether oxygens (including phenoxy) is 2. The van der Waals surface area contributed by atoms with Gasteiger partial charge in [0.25, 0.3) is 0 Å². The van der Waals surface area contributed by atoms with Gasteiger partial charge in [-0.2, -0.15) is 0 Å². The van der Waals surface area contributed by atoms with Crippen LogP contribution in [0.25, 0.3) is 0 Å². The smallest absolute Gasteiger partial charge is 0.320 e. The molecule has 2 aromatic rings. The average molecular weight is 434 g/mol. The Hall–Kier alpha value is -2.05. The van der Waals surface area contributed by atoms with Crippen molar-refractivity contribution in [3.63, 3.8) is 0 Å². The molecule has 0 radical (unpaired) electrons. The van der Waals surface area contributed by atoms with Gasteiger partial charge in [-0.25, -0.2) is 0 Å². The van der Waals surface area contributed by atoms with E-state index >= 15 is 0 Å². The molecule has 0 aliphatic carbocycles. The Bertz CT molecular complexity index is 793. The second-order valence-corrected chi connectivity index (χ2v) is 7.45. The van der Waals surface area contributed by atoms with Crippen LogP contribution in [0.4, 0.5) is 0 Å². The second-order valence-electron chi connectivity index (χ2n) is 6.53. The minimum atomic E-state index is -0.770. The molecular weight excluding hydrogens is 410 g/mol. The lowest BCUT2D eigenvalue weighted by Gasteiger charge is -2.32. The Morgan fingerprint density at radius 2 is 1.93 bits per heavy atom. The number of methoxy groups -OCH3 is 1. The highest BCUT2D eigenvalue weighted by molar-refractivity contribution is 9.10. The van der Waals surface area contributed by atoms with E-state index in [9.17, 15) is 9.90 Å². The molecule has 0 aromatic heterocycles. The lowest BCUT2D eigenvalue weighted by molar-refractivity contribution is -0.142. The number of hydrogen-bond donors (Lipinski definition) is 1. The largest absolute Gasteiger partial charge is 0.493 e.